The maximum Gasteiger partial charge on any atom is 0.311 e. The molecule has 106 valence electrons. The molecule has 1 rings (SSSR count). The SMILES string of the molecule is CCNCc1ccc(OCC(C)OC)c([N+](=O)[O-])c1. The Balaban J connectivity index is 2.82. The van der Waals surface area contributed by atoms with Crippen LogP contribution < -0.4 is 10.1 Å². The Morgan fingerprint density at radius 1 is 1.47 bits per heavy atom. The van der Waals surface area contributed by atoms with Crippen molar-refractivity contribution in [2.24, 2.45) is 0 Å². The van der Waals surface area contributed by atoms with E-state index >= 15 is 0 Å². The number of hydrogen-bond acceptors (Lipinski definition) is 5. The van der Waals surface area contributed by atoms with Crippen molar-refractivity contribution in [2.75, 3.05) is 20.3 Å². The van der Waals surface area contributed by atoms with Crippen LogP contribution in [0.5, 0.6) is 5.75 Å². The zero-order valence-electron chi connectivity index (χ0n) is 11.5. The lowest BCUT2D eigenvalue weighted by Crippen LogP contribution is -2.16. The minimum atomic E-state index is -0.428. The van der Waals surface area contributed by atoms with Gasteiger partial charge in [0, 0.05) is 19.7 Å². The third-order valence-electron chi connectivity index (χ3n) is 2.68. The van der Waals surface area contributed by atoms with Gasteiger partial charge in [-0.25, -0.2) is 0 Å². The van der Waals surface area contributed by atoms with Gasteiger partial charge >= 0.3 is 5.69 Å². The Bertz CT molecular complexity index is 423. The molecule has 1 aromatic rings. The molecule has 0 radical (unpaired) electrons. The van der Waals surface area contributed by atoms with E-state index in [1.165, 1.54) is 6.07 Å². The smallest absolute Gasteiger partial charge is 0.311 e. The average Bonchev–Trinajstić information content (AvgIpc) is 2.42. The molecule has 0 bridgehead atoms. The highest BCUT2D eigenvalue weighted by Gasteiger charge is 2.16. The first kappa shape index (κ1) is 15.4. The van der Waals surface area contributed by atoms with Gasteiger partial charge in [0.25, 0.3) is 0 Å². The number of hydrogen-bond donors (Lipinski definition) is 1. The minimum absolute atomic E-state index is 0.0151. The van der Waals surface area contributed by atoms with Crippen LogP contribution in [-0.2, 0) is 11.3 Å². The van der Waals surface area contributed by atoms with Crippen molar-refractivity contribution in [2.45, 2.75) is 26.5 Å². The molecule has 0 saturated carbocycles. The quantitative estimate of drug-likeness (QED) is 0.577. The first-order valence-electron chi connectivity index (χ1n) is 6.22. The summed E-state index contributed by atoms with van der Waals surface area (Å²) in [5, 5.41) is 14.2. The van der Waals surface area contributed by atoms with Crippen molar-refractivity contribution >= 4 is 5.69 Å². The van der Waals surface area contributed by atoms with Crippen molar-refractivity contribution in [1.29, 1.82) is 0 Å². The molecule has 0 spiro atoms. The second-order valence-electron chi connectivity index (χ2n) is 4.20. The Morgan fingerprint density at radius 2 is 2.21 bits per heavy atom. The van der Waals surface area contributed by atoms with Crippen LogP contribution in [-0.4, -0.2) is 31.3 Å². The molecule has 0 heterocycles. The van der Waals surface area contributed by atoms with Gasteiger partial charge in [-0.3, -0.25) is 10.1 Å². The zero-order valence-corrected chi connectivity index (χ0v) is 11.5. The second kappa shape index (κ2) is 7.70. The number of nitrogens with one attached hydrogen (secondary N) is 1. The van der Waals surface area contributed by atoms with Gasteiger partial charge in [0.15, 0.2) is 5.75 Å². The van der Waals surface area contributed by atoms with E-state index in [4.69, 9.17) is 9.47 Å². The van der Waals surface area contributed by atoms with Crippen LogP contribution in [0, 0.1) is 10.1 Å². The summed E-state index contributed by atoms with van der Waals surface area (Å²) in [6, 6.07) is 4.99. The fourth-order valence-corrected chi connectivity index (χ4v) is 1.48. The molecular weight excluding hydrogens is 248 g/mol. The topological polar surface area (TPSA) is 73.6 Å². The molecule has 0 aliphatic heterocycles. The highest BCUT2D eigenvalue weighted by atomic mass is 16.6. The third-order valence-corrected chi connectivity index (χ3v) is 2.68. The first-order valence-corrected chi connectivity index (χ1v) is 6.22. The Hall–Kier alpha value is -1.66. The minimum Gasteiger partial charge on any atom is -0.484 e. The van der Waals surface area contributed by atoms with E-state index in [0.29, 0.717) is 6.54 Å². The van der Waals surface area contributed by atoms with Crippen molar-refractivity contribution in [3.05, 3.63) is 33.9 Å². The van der Waals surface area contributed by atoms with Gasteiger partial charge in [0.2, 0.25) is 0 Å². The van der Waals surface area contributed by atoms with E-state index in [-0.39, 0.29) is 24.1 Å². The zero-order chi connectivity index (χ0) is 14.3. The largest absolute Gasteiger partial charge is 0.484 e. The van der Waals surface area contributed by atoms with Crippen LogP contribution in [0.4, 0.5) is 5.69 Å². The molecule has 0 aliphatic rings. The molecule has 1 atom stereocenters. The van der Waals surface area contributed by atoms with Crippen LogP contribution in [0.25, 0.3) is 0 Å². The van der Waals surface area contributed by atoms with Crippen LogP contribution in [0.15, 0.2) is 18.2 Å². The molecule has 6 heteroatoms. The predicted octanol–water partition coefficient (Wildman–Crippen LogP) is 2.12. The van der Waals surface area contributed by atoms with Gasteiger partial charge in [-0.1, -0.05) is 13.0 Å². The van der Waals surface area contributed by atoms with E-state index in [2.05, 4.69) is 5.32 Å². The maximum absolute atomic E-state index is 11.0. The molecule has 6 nitrogen and oxygen atoms in total. The number of benzene rings is 1. The van der Waals surface area contributed by atoms with Crippen molar-refractivity contribution in [3.8, 4) is 5.75 Å². The molecular formula is C13H20N2O4. The summed E-state index contributed by atoms with van der Waals surface area (Å²) in [5.74, 6) is 0.272. The molecule has 19 heavy (non-hydrogen) atoms. The van der Waals surface area contributed by atoms with Gasteiger partial charge < -0.3 is 14.8 Å². The normalized spacial score (nSPS) is 12.2. The van der Waals surface area contributed by atoms with Gasteiger partial charge in [-0.15, -0.1) is 0 Å². The standard InChI is InChI=1S/C13H20N2O4/c1-4-14-8-11-5-6-13(12(7-11)15(16)17)19-9-10(2)18-3/h5-7,10,14H,4,8-9H2,1-3H3. The van der Waals surface area contributed by atoms with Gasteiger partial charge in [0.1, 0.15) is 6.61 Å². The Labute approximate surface area is 112 Å². The summed E-state index contributed by atoms with van der Waals surface area (Å²) < 4.78 is 10.5. The molecule has 0 aromatic heterocycles. The van der Waals surface area contributed by atoms with E-state index in [0.717, 1.165) is 12.1 Å². The number of nitro groups is 1. The Kier molecular flexibility index (Phi) is 6.24. The van der Waals surface area contributed by atoms with E-state index in [1.54, 1.807) is 13.2 Å². The average molecular weight is 268 g/mol. The molecule has 0 saturated heterocycles. The molecule has 1 unspecified atom stereocenters. The van der Waals surface area contributed by atoms with Crippen molar-refractivity contribution < 1.29 is 14.4 Å². The fraction of sp³-hybridized carbons (Fsp3) is 0.538. The highest BCUT2D eigenvalue weighted by Crippen LogP contribution is 2.28. The number of ether oxygens (including phenoxy) is 2. The van der Waals surface area contributed by atoms with Crippen LogP contribution >= 0.6 is 0 Å². The van der Waals surface area contributed by atoms with Crippen LogP contribution in [0.1, 0.15) is 19.4 Å². The lowest BCUT2D eigenvalue weighted by molar-refractivity contribution is -0.386. The van der Waals surface area contributed by atoms with Crippen LogP contribution in [0.2, 0.25) is 0 Å². The lowest BCUT2D eigenvalue weighted by Gasteiger charge is -2.12. The predicted molar refractivity (Wildman–Crippen MR) is 72.4 cm³/mol. The maximum atomic E-state index is 11.0. The van der Waals surface area contributed by atoms with Crippen molar-refractivity contribution in [3.63, 3.8) is 0 Å². The van der Waals surface area contributed by atoms with Crippen molar-refractivity contribution in [1.82, 2.24) is 5.32 Å². The number of rotatable bonds is 8. The van der Waals surface area contributed by atoms with Gasteiger partial charge in [-0.05, 0) is 25.1 Å². The molecule has 0 fully saturated rings. The molecule has 0 aliphatic carbocycles. The van der Waals surface area contributed by atoms with Gasteiger partial charge in [-0.2, -0.15) is 0 Å². The van der Waals surface area contributed by atoms with E-state index in [1.807, 2.05) is 19.9 Å². The number of methoxy groups -OCH3 is 1. The molecule has 1 N–H and O–H groups in total. The number of nitrogens with zero attached hydrogens (tertiary/aromatic N) is 1. The summed E-state index contributed by atoms with van der Waals surface area (Å²) in [6.07, 6.45) is -0.110. The summed E-state index contributed by atoms with van der Waals surface area (Å²) in [6.45, 7) is 5.52. The summed E-state index contributed by atoms with van der Waals surface area (Å²) in [4.78, 5) is 10.6. The highest BCUT2D eigenvalue weighted by molar-refractivity contribution is 5.48. The third kappa shape index (κ3) is 4.84. The monoisotopic (exact) mass is 268 g/mol. The van der Waals surface area contributed by atoms with E-state index < -0.39 is 4.92 Å². The van der Waals surface area contributed by atoms with Gasteiger partial charge in [0.05, 0.1) is 11.0 Å². The number of nitro benzene ring substituents is 1. The van der Waals surface area contributed by atoms with E-state index in [9.17, 15) is 10.1 Å². The Morgan fingerprint density at radius 3 is 2.79 bits per heavy atom. The summed E-state index contributed by atoms with van der Waals surface area (Å²) in [5.41, 5.74) is 0.847. The summed E-state index contributed by atoms with van der Waals surface area (Å²) in [7, 11) is 1.57. The fourth-order valence-electron chi connectivity index (χ4n) is 1.48. The van der Waals surface area contributed by atoms with Crippen LogP contribution in [0.3, 0.4) is 0 Å². The first-order chi connectivity index (χ1) is 9.08. The summed E-state index contributed by atoms with van der Waals surface area (Å²) >= 11 is 0. The molecule has 1 aromatic carbocycles. The second-order valence-corrected chi connectivity index (χ2v) is 4.20. The molecule has 0 amide bonds. The lowest BCUT2D eigenvalue weighted by atomic mass is 10.2.